The fourth-order valence-corrected chi connectivity index (χ4v) is 4.80. The molecule has 0 aliphatic carbocycles. The molecule has 1 fully saturated rings. The average Bonchev–Trinajstić information content (AvgIpc) is 3.61. The molecule has 11 heteroatoms. The number of halogens is 2. The van der Waals surface area contributed by atoms with Crippen molar-refractivity contribution in [3.05, 3.63) is 77.1 Å². The van der Waals surface area contributed by atoms with Crippen molar-refractivity contribution >= 4 is 28.4 Å². The summed E-state index contributed by atoms with van der Waals surface area (Å²) in [5.41, 5.74) is 8.08. The number of nitrogens with zero attached hydrogens (tertiary/aromatic N) is 6. The molecule has 0 saturated carbocycles. The van der Waals surface area contributed by atoms with Crippen LogP contribution >= 0.6 is 0 Å². The molecule has 0 unspecified atom stereocenters. The lowest BCUT2D eigenvalue weighted by molar-refractivity contribution is 0.1000. The first-order chi connectivity index (χ1) is 17.4. The van der Waals surface area contributed by atoms with E-state index in [1.165, 1.54) is 18.2 Å². The summed E-state index contributed by atoms with van der Waals surface area (Å²) in [4.78, 5) is 26.2. The zero-order valence-corrected chi connectivity index (χ0v) is 18.7. The molecule has 1 atom stereocenters. The van der Waals surface area contributed by atoms with Crippen LogP contribution in [0.3, 0.4) is 0 Å². The van der Waals surface area contributed by atoms with Crippen LogP contribution in [0.25, 0.3) is 28.1 Å². The second-order valence-electron chi connectivity index (χ2n) is 8.61. The minimum absolute atomic E-state index is 0.102. The average molecular weight is 484 g/mol. The SMILES string of the molecule is N#Cc1cc2nc(-c3cnn4ccc(N5CCC[C@@H]5c5cc(F)ccc5F)nc34)[nH]c2cc1C(N)=O. The Bertz CT molecular complexity index is 1720. The predicted molar refractivity (Wildman–Crippen MR) is 127 cm³/mol. The van der Waals surface area contributed by atoms with Gasteiger partial charge in [0.1, 0.15) is 29.3 Å². The number of nitrogens with one attached hydrogen (secondary N) is 1. The molecule has 1 aliphatic rings. The summed E-state index contributed by atoms with van der Waals surface area (Å²) in [5, 5.41) is 13.7. The number of anilines is 1. The van der Waals surface area contributed by atoms with E-state index in [0.717, 1.165) is 18.6 Å². The first-order valence-electron chi connectivity index (χ1n) is 11.2. The Morgan fingerprint density at radius 1 is 1.19 bits per heavy atom. The van der Waals surface area contributed by atoms with E-state index >= 15 is 0 Å². The number of rotatable bonds is 4. The van der Waals surface area contributed by atoms with Gasteiger partial charge in [0, 0.05) is 18.3 Å². The summed E-state index contributed by atoms with van der Waals surface area (Å²) < 4.78 is 30.0. The number of benzene rings is 2. The van der Waals surface area contributed by atoms with Crippen LogP contribution in [0.15, 0.2) is 48.8 Å². The fraction of sp³-hybridized carbons (Fsp3) is 0.160. The maximum absolute atomic E-state index is 14.5. The highest BCUT2D eigenvalue weighted by Crippen LogP contribution is 2.37. The molecule has 178 valence electrons. The van der Waals surface area contributed by atoms with Crippen LogP contribution in [-0.2, 0) is 0 Å². The predicted octanol–water partition coefficient (Wildman–Crippen LogP) is 3.86. The second kappa shape index (κ2) is 8.13. The van der Waals surface area contributed by atoms with Crippen molar-refractivity contribution in [3.8, 4) is 17.5 Å². The number of H-pyrrole nitrogens is 1. The van der Waals surface area contributed by atoms with Crippen LogP contribution in [-0.4, -0.2) is 37.0 Å². The van der Waals surface area contributed by atoms with Crippen LogP contribution in [0.1, 0.15) is 40.4 Å². The molecule has 36 heavy (non-hydrogen) atoms. The number of amides is 1. The van der Waals surface area contributed by atoms with Gasteiger partial charge in [-0.25, -0.2) is 23.3 Å². The number of fused-ring (bicyclic) bond motifs is 2. The molecule has 0 bridgehead atoms. The van der Waals surface area contributed by atoms with E-state index in [1.54, 1.807) is 23.0 Å². The van der Waals surface area contributed by atoms with E-state index < -0.39 is 17.5 Å². The summed E-state index contributed by atoms with van der Waals surface area (Å²) >= 11 is 0. The quantitative estimate of drug-likeness (QED) is 0.399. The van der Waals surface area contributed by atoms with Crippen LogP contribution in [0, 0.1) is 23.0 Å². The summed E-state index contributed by atoms with van der Waals surface area (Å²) in [5.74, 6) is -0.585. The molecule has 3 aromatic heterocycles. The van der Waals surface area contributed by atoms with E-state index in [1.807, 2.05) is 11.0 Å². The number of nitriles is 1. The Labute approximate surface area is 202 Å². The molecule has 9 nitrogen and oxygen atoms in total. The third-order valence-electron chi connectivity index (χ3n) is 6.48. The van der Waals surface area contributed by atoms with E-state index in [9.17, 15) is 18.8 Å². The Morgan fingerprint density at radius 2 is 2.06 bits per heavy atom. The van der Waals surface area contributed by atoms with E-state index in [0.29, 0.717) is 52.4 Å². The fourth-order valence-electron chi connectivity index (χ4n) is 4.80. The third kappa shape index (κ3) is 3.42. The molecule has 1 aliphatic heterocycles. The minimum Gasteiger partial charge on any atom is -0.366 e. The monoisotopic (exact) mass is 484 g/mol. The number of carbonyl (C=O) groups is 1. The largest absolute Gasteiger partial charge is 0.366 e. The van der Waals surface area contributed by atoms with Crippen molar-refractivity contribution in [1.82, 2.24) is 24.6 Å². The molecule has 3 N–H and O–H groups in total. The molecule has 0 spiro atoms. The summed E-state index contributed by atoms with van der Waals surface area (Å²) in [6.07, 6.45) is 4.84. The Balaban J connectivity index is 1.43. The highest BCUT2D eigenvalue weighted by Gasteiger charge is 2.30. The number of hydrogen-bond acceptors (Lipinski definition) is 6. The van der Waals surface area contributed by atoms with Crippen molar-refractivity contribution in [2.75, 3.05) is 11.4 Å². The van der Waals surface area contributed by atoms with Gasteiger partial charge in [0.2, 0.25) is 5.91 Å². The van der Waals surface area contributed by atoms with Crippen LogP contribution < -0.4 is 10.6 Å². The van der Waals surface area contributed by atoms with E-state index in [2.05, 4.69) is 15.1 Å². The Hall–Kier alpha value is -4.85. The summed E-state index contributed by atoms with van der Waals surface area (Å²) in [6.45, 7) is 0.644. The van der Waals surface area contributed by atoms with Gasteiger partial charge in [-0.3, -0.25) is 4.79 Å². The molecular formula is C25H18F2N8O. The summed E-state index contributed by atoms with van der Waals surface area (Å²) in [6, 6.07) is 9.92. The van der Waals surface area contributed by atoms with E-state index in [-0.39, 0.29) is 17.2 Å². The third-order valence-corrected chi connectivity index (χ3v) is 6.48. The Kier molecular flexibility index (Phi) is 4.89. The molecule has 1 saturated heterocycles. The Morgan fingerprint density at radius 3 is 2.86 bits per heavy atom. The molecular weight excluding hydrogens is 466 g/mol. The topological polar surface area (TPSA) is 129 Å². The first kappa shape index (κ1) is 21.7. The van der Waals surface area contributed by atoms with Gasteiger partial charge in [0.15, 0.2) is 5.65 Å². The number of hydrogen-bond donors (Lipinski definition) is 2. The van der Waals surface area contributed by atoms with Gasteiger partial charge in [0.05, 0.1) is 40.0 Å². The highest BCUT2D eigenvalue weighted by molar-refractivity contribution is 5.99. The number of carbonyl (C=O) groups excluding carboxylic acids is 1. The minimum atomic E-state index is -0.707. The zero-order valence-electron chi connectivity index (χ0n) is 18.7. The van der Waals surface area contributed by atoms with Gasteiger partial charge < -0.3 is 15.6 Å². The molecule has 2 aromatic carbocycles. The number of primary amides is 1. The van der Waals surface area contributed by atoms with Crippen molar-refractivity contribution in [1.29, 1.82) is 5.26 Å². The van der Waals surface area contributed by atoms with Crippen molar-refractivity contribution in [2.24, 2.45) is 5.73 Å². The molecule has 0 radical (unpaired) electrons. The molecule has 5 aromatic rings. The number of aromatic amines is 1. The molecule has 6 rings (SSSR count). The maximum Gasteiger partial charge on any atom is 0.250 e. The lowest BCUT2D eigenvalue weighted by Gasteiger charge is -2.26. The van der Waals surface area contributed by atoms with Gasteiger partial charge in [-0.1, -0.05) is 0 Å². The summed E-state index contributed by atoms with van der Waals surface area (Å²) in [7, 11) is 0. The maximum atomic E-state index is 14.5. The number of aromatic nitrogens is 5. The number of nitrogens with two attached hydrogens (primary N) is 1. The van der Waals surface area contributed by atoms with E-state index in [4.69, 9.17) is 10.7 Å². The second-order valence-corrected chi connectivity index (χ2v) is 8.61. The standard InChI is InChI=1S/C25H18F2N8O/c26-14-3-4-18(27)16(9-14)21-2-1-6-34(21)22-5-7-35-25(33-22)17(12-30-35)24-31-19-8-13(11-28)15(23(29)36)10-20(19)32-24/h3-5,7-10,12,21H,1-2,6H2,(H2,29,36)(H,31,32)/t21-/m1/s1. The lowest BCUT2D eigenvalue weighted by Crippen LogP contribution is -2.24. The first-order valence-corrected chi connectivity index (χ1v) is 11.2. The van der Waals surface area contributed by atoms with Crippen molar-refractivity contribution in [3.63, 3.8) is 0 Å². The number of imidazole rings is 1. The van der Waals surface area contributed by atoms with Gasteiger partial charge >= 0.3 is 0 Å². The van der Waals surface area contributed by atoms with Crippen molar-refractivity contribution < 1.29 is 13.6 Å². The van der Waals surface area contributed by atoms with Crippen molar-refractivity contribution in [2.45, 2.75) is 18.9 Å². The zero-order chi connectivity index (χ0) is 25.0. The van der Waals surface area contributed by atoms with Crippen LogP contribution in [0.2, 0.25) is 0 Å². The van der Waals surface area contributed by atoms with Gasteiger partial charge in [-0.05, 0) is 49.2 Å². The highest BCUT2D eigenvalue weighted by atomic mass is 19.1. The molecule has 1 amide bonds. The van der Waals surface area contributed by atoms with Gasteiger partial charge in [0.25, 0.3) is 0 Å². The van der Waals surface area contributed by atoms with Crippen LogP contribution in [0.5, 0.6) is 0 Å². The smallest absolute Gasteiger partial charge is 0.250 e. The van der Waals surface area contributed by atoms with Crippen LogP contribution in [0.4, 0.5) is 14.6 Å². The molecule has 4 heterocycles. The van der Waals surface area contributed by atoms with Gasteiger partial charge in [-0.2, -0.15) is 10.4 Å². The lowest BCUT2D eigenvalue weighted by atomic mass is 10.0. The van der Waals surface area contributed by atoms with Gasteiger partial charge in [-0.15, -0.1) is 0 Å². The normalized spacial score (nSPS) is 15.6.